The summed E-state index contributed by atoms with van der Waals surface area (Å²) >= 11 is 0. The van der Waals surface area contributed by atoms with Crippen molar-refractivity contribution >= 4 is 11.9 Å². The largest absolute Gasteiger partial charge is 0.465 e. The van der Waals surface area contributed by atoms with Gasteiger partial charge in [-0.15, -0.1) is 0 Å². The summed E-state index contributed by atoms with van der Waals surface area (Å²) in [4.78, 5) is 24.6. The van der Waals surface area contributed by atoms with Crippen LogP contribution in [0.5, 0.6) is 0 Å². The van der Waals surface area contributed by atoms with Gasteiger partial charge in [0.2, 0.25) is 0 Å². The summed E-state index contributed by atoms with van der Waals surface area (Å²) in [7, 11) is 0. The van der Waals surface area contributed by atoms with Crippen LogP contribution in [0.4, 0.5) is 0 Å². The van der Waals surface area contributed by atoms with Crippen LogP contribution in [0, 0.1) is 23.7 Å². The van der Waals surface area contributed by atoms with Crippen LogP contribution in [0.25, 0.3) is 0 Å². The van der Waals surface area contributed by atoms with Gasteiger partial charge in [0, 0.05) is 6.42 Å². The first kappa shape index (κ1) is 26.2. The number of hydrogen-bond acceptors (Lipinski definition) is 5. The van der Waals surface area contributed by atoms with Gasteiger partial charge < -0.3 is 14.2 Å². The van der Waals surface area contributed by atoms with Crippen LogP contribution >= 0.6 is 0 Å². The van der Waals surface area contributed by atoms with E-state index in [1.807, 2.05) is 0 Å². The van der Waals surface area contributed by atoms with Crippen molar-refractivity contribution in [2.45, 2.75) is 109 Å². The van der Waals surface area contributed by atoms with Gasteiger partial charge in [-0.2, -0.15) is 0 Å². The zero-order valence-corrected chi connectivity index (χ0v) is 20.8. The molecule has 0 aromatic rings. The lowest BCUT2D eigenvalue weighted by molar-refractivity contribution is -0.151. The molecule has 5 heteroatoms. The van der Waals surface area contributed by atoms with Gasteiger partial charge in [0.05, 0.1) is 19.1 Å². The maximum Gasteiger partial charge on any atom is 0.309 e. The van der Waals surface area contributed by atoms with Gasteiger partial charge in [-0.25, -0.2) is 0 Å². The van der Waals surface area contributed by atoms with E-state index in [0.29, 0.717) is 37.4 Å². The van der Waals surface area contributed by atoms with E-state index >= 15 is 0 Å². The fraction of sp³-hybridized carbons (Fsp3) is 0.857. The lowest BCUT2D eigenvalue weighted by Gasteiger charge is -2.30. The first-order valence-corrected chi connectivity index (χ1v) is 13.8. The fourth-order valence-electron chi connectivity index (χ4n) is 4.82. The van der Waals surface area contributed by atoms with E-state index in [1.54, 1.807) is 0 Å². The molecule has 0 aromatic carbocycles. The minimum Gasteiger partial charge on any atom is -0.465 e. The quantitative estimate of drug-likeness (QED) is 0.102. The Hall–Kier alpha value is -1.36. The summed E-state index contributed by atoms with van der Waals surface area (Å²) in [6.07, 6.45) is 21.5. The molecule has 1 saturated carbocycles. The van der Waals surface area contributed by atoms with Crippen LogP contribution in [0.1, 0.15) is 103 Å². The van der Waals surface area contributed by atoms with Crippen LogP contribution in [-0.4, -0.2) is 37.9 Å². The topological polar surface area (TPSA) is 65.1 Å². The van der Waals surface area contributed by atoms with E-state index in [-0.39, 0.29) is 24.0 Å². The molecule has 0 radical (unpaired) electrons. The normalized spacial score (nSPS) is 26.2. The summed E-state index contributed by atoms with van der Waals surface area (Å²) < 4.78 is 15.9. The fourth-order valence-corrected chi connectivity index (χ4v) is 4.82. The van der Waals surface area contributed by atoms with Crippen LogP contribution in [0.2, 0.25) is 0 Å². The van der Waals surface area contributed by atoms with Crippen LogP contribution < -0.4 is 0 Å². The van der Waals surface area contributed by atoms with Gasteiger partial charge in [0.15, 0.2) is 0 Å². The van der Waals surface area contributed by atoms with Gasteiger partial charge in [0.1, 0.15) is 12.7 Å². The van der Waals surface area contributed by atoms with Gasteiger partial charge in [-0.3, -0.25) is 9.59 Å². The maximum atomic E-state index is 12.9. The molecule has 1 heterocycles. The molecule has 4 unspecified atom stereocenters. The highest BCUT2D eigenvalue weighted by Crippen LogP contribution is 2.36. The molecule has 0 aromatic heterocycles. The molecule has 0 amide bonds. The van der Waals surface area contributed by atoms with Crippen molar-refractivity contribution in [3.05, 3.63) is 12.2 Å². The van der Waals surface area contributed by atoms with Gasteiger partial charge in [-0.1, -0.05) is 70.4 Å². The second kappa shape index (κ2) is 14.8. The minimum atomic E-state index is -0.102. The number of allylic oxidation sites excluding steroid dienone is 2. The molecule has 0 spiro atoms. The molecule has 188 valence electrons. The number of esters is 2. The standard InChI is InChI=1S/C28H46O5/c1-2-3-4-8-11-22-16-17-24(26(18-22)28(30)33-19-23-14-15-23)12-9-6-5-7-10-13-27(29)32-21-25-20-31-25/h16-17,22-26H,2-15,18-21H2,1H3. The SMILES string of the molecule is CCCCCCC1C=CC(CCCCCCCC(=O)OCC2CO2)C(C(=O)OCC2CC2)C1. The zero-order chi connectivity index (χ0) is 23.3. The number of hydrogen-bond donors (Lipinski definition) is 0. The molecule has 0 bridgehead atoms. The lowest BCUT2D eigenvalue weighted by Crippen LogP contribution is -2.30. The van der Waals surface area contributed by atoms with Crippen molar-refractivity contribution in [1.82, 2.24) is 0 Å². The summed E-state index contributed by atoms with van der Waals surface area (Å²) in [6, 6.07) is 0. The Morgan fingerprint density at radius 1 is 0.879 bits per heavy atom. The van der Waals surface area contributed by atoms with E-state index < -0.39 is 0 Å². The zero-order valence-electron chi connectivity index (χ0n) is 20.8. The predicted molar refractivity (Wildman–Crippen MR) is 130 cm³/mol. The monoisotopic (exact) mass is 462 g/mol. The second-order valence-corrected chi connectivity index (χ2v) is 10.5. The molecule has 4 atom stereocenters. The van der Waals surface area contributed by atoms with Crippen LogP contribution in [-0.2, 0) is 23.8 Å². The van der Waals surface area contributed by atoms with Crippen molar-refractivity contribution in [2.75, 3.05) is 19.8 Å². The molecule has 3 rings (SSSR count). The Labute approximate surface area is 201 Å². The van der Waals surface area contributed by atoms with Crippen LogP contribution in [0.15, 0.2) is 12.2 Å². The van der Waals surface area contributed by atoms with Crippen molar-refractivity contribution < 1.29 is 23.8 Å². The molecule has 0 N–H and O–H groups in total. The van der Waals surface area contributed by atoms with Gasteiger partial charge >= 0.3 is 11.9 Å². The number of carbonyl (C=O) groups is 2. The summed E-state index contributed by atoms with van der Waals surface area (Å²) in [5.41, 5.74) is 0. The molecule has 1 aliphatic heterocycles. The number of ether oxygens (including phenoxy) is 3. The third-order valence-corrected chi connectivity index (χ3v) is 7.34. The van der Waals surface area contributed by atoms with E-state index in [2.05, 4.69) is 19.1 Å². The van der Waals surface area contributed by atoms with Crippen molar-refractivity contribution in [2.24, 2.45) is 23.7 Å². The molecular formula is C28H46O5. The predicted octanol–water partition coefficient (Wildman–Crippen LogP) is 6.39. The molecular weight excluding hydrogens is 416 g/mol. The maximum absolute atomic E-state index is 12.9. The van der Waals surface area contributed by atoms with Crippen LogP contribution in [0.3, 0.4) is 0 Å². The summed E-state index contributed by atoms with van der Waals surface area (Å²) in [5, 5.41) is 0. The molecule has 3 aliphatic rings. The molecule has 5 nitrogen and oxygen atoms in total. The van der Waals surface area contributed by atoms with E-state index in [9.17, 15) is 9.59 Å². The smallest absolute Gasteiger partial charge is 0.309 e. The summed E-state index contributed by atoms with van der Waals surface area (Å²) in [5.74, 6) is 1.46. The van der Waals surface area contributed by atoms with Gasteiger partial charge in [-0.05, 0) is 56.3 Å². The Morgan fingerprint density at radius 3 is 2.36 bits per heavy atom. The second-order valence-electron chi connectivity index (χ2n) is 10.5. The highest BCUT2D eigenvalue weighted by Gasteiger charge is 2.34. The first-order chi connectivity index (χ1) is 16.2. The molecule has 2 fully saturated rings. The third kappa shape index (κ3) is 11.1. The molecule has 33 heavy (non-hydrogen) atoms. The summed E-state index contributed by atoms with van der Waals surface area (Å²) in [6.45, 7) is 4.01. The highest BCUT2D eigenvalue weighted by atomic mass is 16.6. The number of epoxide rings is 1. The first-order valence-electron chi connectivity index (χ1n) is 13.8. The molecule has 1 saturated heterocycles. The van der Waals surface area contributed by atoms with Crippen molar-refractivity contribution in [3.63, 3.8) is 0 Å². The van der Waals surface area contributed by atoms with E-state index in [4.69, 9.17) is 14.2 Å². The Morgan fingerprint density at radius 2 is 1.61 bits per heavy atom. The number of unbranched alkanes of at least 4 members (excludes halogenated alkanes) is 7. The van der Waals surface area contributed by atoms with Gasteiger partial charge in [0.25, 0.3) is 0 Å². The lowest BCUT2D eigenvalue weighted by atomic mass is 9.75. The Kier molecular flexibility index (Phi) is 11.8. The Balaban J connectivity index is 1.31. The Bertz CT molecular complexity index is 607. The third-order valence-electron chi connectivity index (χ3n) is 7.34. The van der Waals surface area contributed by atoms with E-state index in [1.165, 1.54) is 44.9 Å². The van der Waals surface area contributed by atoms with Crippen molar-refractivity contribution in [1.29, 1.82) is 0 Å². The molecule has 2 aliphatic carbocycles. The average molecular weight is 463 g/mol. The number of rotatable bonds is 18. The number of carbonyl (C=O) groups excluding carboxylic acids is 2. The minimum absolute atomic E-state index is 0.0372. The van der Waals surface area contributed by atoms with Crippen molar-refractivity contribution in [3.8, 4) is 0 Å². The average Bonchev–Trinajstić information content (AvgIpc) is 3.74. The highest BCUT2D eigenvalue weighted by molar-refractivity contribution is 5.73. The van der Waals surface area contributed by atoms with E-state index in [0.717, 1.165) is 51.6 Å².